The van der Waals surface area contributed by atoms with Crippen LogP contribution >= 0.6 is 0 Å². The summed E-state index contributed by atoms with van der Waals surface area (Å²) in [7, 11) is -4.50. The zero-order valence-electron chi connectivity index (χ0n) is 26.8. The van der Waals surface area contributed by atoms with Crippen LogP contribution < -0.4 is 4.90 Å². The molecule has 0 aliphatic carbocycles. The number of nitrogens with one attached hydrogen (secondary N) is 1. The summed E-state index contributed by atoms with van der Waals surface area (Å²) in [6.07, 6.45) is 32.1. The van der Waals surface area contributed by atoms with E-state index in [9.17, 15) is 13.0 Å². The van der Waals surface area contributed by atoms with E-state index in [4.69, 9.17) is 15.3 Å². The van der Waals surface area contributed by atoms with Crippen molar-refractivity contribution < 1.29 is 37.4 Å². The highest BCUT2D eigenvalue weighted by Crippen LogP contribution is 2.15. The first kappa shape index (κ1) is 42.8. The van der Waals surface area contributed by atoms with Crippen molar-refractivity contribution in [1.82, 2.24) is 0 Å². The molecule has 41 heavy (non-hydrogen) atoms. The minimum absolute atomic E-state index is 0.0328. The molecule has 0 aromatic rings. The van der Waals surface area contributed by atoms with Crippen LogP contribution in [0.25, 0.3) is 0 Å². The van der Waals surface area contributed by atoms with E-state index in [1.165, 1.54) is 135 Å². The summed E-state index contributed by atoms with van der Waals surface area (Å²) >= 11 is 0. The monoisotopic (exact) mass is 611 g/mol. The molecule has 0 fully saturated rings. The van der Waals surface area contributed by atoms with Crippen LogP contribution in [-0.2, 0) is 14.6 Å². The van der Waals surface area contributed by atoms with Crippen LogP contribution in [0.3, 0.4) is 0 Å². The molecule has 8 nitrogen and oxygen atoms in total. The Kier molecular flexibility index (Phi) is 37.5. The molecule has 0 aliphatic heterocycles. The summed E-state index contributed by atoms with van der Waals surface area (Å²) in [5.74, 6) is 0. The van der Waals surface area contributed by atoms with Crippen LogP contribution in [0, 0.1) is 0 Å². The van der Waals surface area contributed by atoms with Crippen molar-refractivity contribution in [2.24, 2.45) is 0 Å². The Morgan fingerprint density at radius 2 is 0.732 bits per heavy atom. The number of rotatable bonds is 32. The highest BCUT2D eigenvalue weighted by Gasteiger charge is 2.04. The van der Waals surface area contributed by atoms with Crippen LogP contribution in [0.1, 0.15) is 161 Å². The van der Waals surface area contributed by atoms with E-state index in [0.29, 0.717) is 26.1 Å². The van der Waals surface area contributed by atoms with Crippen molar-refractivity contribution in [2.45, 2.75) is 161 Å². The van der Waals surface area contributed by atoms with Gasteiger partial charge >= 0.3 is 0 Å². The van der Waals surface area contributed by atoms with Crippen LogP contribution in [0.5, 0.6) is 0 Å². The van der Waals surface area contributed by atoms with E-state index in [1.54, 1.807) is 0 Å². The van der Waals surface area contributed by atoms with Gasteiger partial charge in [0.25, 0.3) is 0 Å². The largest absolute Gasteiger partial charge is 0.726 e. The normalized spacial score (nSPS) is 11.7. The molecule has 0 rings (SSSR count). The van der Waals surface area contributed by atoms with Gasteiger partial charge in [-0.05, 0) is 6.42 Å². The molecule has 0 aromatic heterocycles. The number of quaternary nitrogens is 1. The first-order valence-corrected chi connectivity index (χ1v) is 18.5. The molecule has 0 atom stereocenters. The molecule has 0 saturated carbocycles. The maximum Gasteiger partial charge on any atom is 0.217 e. The highest BCUT2D eigenvalue weighted by atomic mass is 32.3. The first-order chi connectivity index (χ1) is 19.9. The number of hydrogen-bond donors (Lipinski definition) is 4. The third kappa shape index (κ3) is 41.9. The molecule has 0 radical (unpaired) electrons. The third-order valence-electron chi connectivity index (χ3n) is 7.62. The van der Waals surface area contributed by atoms with Crippen LogP contribution in [-0.4, -0.2) is 74.4 Å². The van der Waals surface area contributed by atoms with Crippen molar-refractivity contribution in [3.8, 4) is 0 Å². The average Bonchev–Trinajstić information content (AvgIpc) is 2.93. The molecule has 0 aliphatic rings. The summed E-state index contributed by atoms with van der Waals surface area (Å²) < 4.78 is 35.0. The predicted octanol–water partition coefficient (Wildman–Crippen LogP) is 5.69. The summed E-state index contributed by atoms with van der Waals surface area (Å²) in [6.45, 7) is 4.43. The van der Waals surface area contributed by atoms with Gasteiger partial charge in [0, 0.05) is 0 Å². The van der Waals surface area contributed by atoms with Crippen molar-refractivity contribution in [2.75, 3.05) is 46.1 Å². The number of aliphatic hydroxyl groups is 3. The van der Waals surface area contributed by atoms with Gasteiger partial charge in [-0.25, -0.2) is 8.42 Å². The van der Waals surface area contributed by atoms with Gasteiger partial charge in [0.1, 0.15) is 19.6 Å². The lowest BCUT2D eigenvalue weighted by Crippen LogP contribution is -3.13. The fraction of sp³-hybridized carbons (Fsp3) is 1.00. The van der Waals surface area contributed by atoms with Gasteiger partial charge in [-0.15, -0.1) is 0 Å². The molecule has 0 spiro atoms. The quantitative estimate of drug-likeness (QED) is 0.0436. The van der Waals surface area contributed by atoms with E-state index in [0.717, 1.165) is 17.7 Å². The van der Waals surface area contributed by atoms with E-state index in [2.05, 4.69) is 11.1 Å². The lowest BCUT2D eigenvalue weighted by atomic mass is 10.0. The van der Waals surface area contributed by atoms with Gasteiger partial charge < -0.3 is 24.8 Å². The maximum absolute atomic E-state index is 10.3. The minimum Gasteiger partial charge on any atom is -0.726 e. The molecule has 0 unspecified atom stereocenters. The van der Waals surface area contributed by atoms with Gasteiger partial charge in [-0.3, -0.25) is 4.18 Å². The molecule has 0 heterocycles. The summed E-state index contributed by atoms with van der Waals surface area (Å²) in [6, 6.07) is 0. The molecular formula is C32H69NO7S. The second-order valence-corrected chi connectivity index (χ2v) is 12.6. The Morgan fingerprint density at radius 3 is 0.951 bits per heavy atom. The maximum atomic E-state index is 10.3. The van der Waals surface area contributed by atoms with Crippen molar-refractivity contribution >= 4 is 10.4 Å². The van der Waals surface area contributed by atoms with E-state index in [1.807, 2.05) is 0 Å². The smallest absolute Gasteiger partial charge is 0.217 e. The van der Waals surface area contributed by atoms with Gasteiger partial charge in [-0.1, -0.05) is 155 Å². The lowest BCUT2D eigenvalue weighted by molar-refractivity contribution is -0.901. The third-order valence-corrected chi connectivity index (χ3v) is 8.08. The number of aliphatic hydroxyl groups excluding tert-OH is 3. The summed E-state index contributed by atoms with van der Waals surface area (Å²) in [4.78, 5) is 1.03. The van der Waals surface area contributed by atoms with Crippen molar-refractivity contribution in [3.05, 3.63) is 0 Å². The number of unbranched alkanes of at least 4 members (excludes halogenated alkanes) is 23. The second kappa shape index (κ2) is 35.9. The van der Waals surface area contributed by atoms with Crippen LogP contribution in [0.4, 0.5) is 0 Å². The van der Waals surface area contributed by atoms with Crippen molar-refractivity contribution in [1.29, 1.82) is 0 Å². The molecule has 0 amide bonds. The molecule has 0 aromatic carbocycles. The van der Waals surface area contributed by atoms with E-state index in [-0.39, 0.29) is 26.4 Å². The van der Waals surface area contributed by atoms with Gasteiger partial charge in [0.2, 0.25) is 10.4 Å². The molecule has 9 heteroatoms. The Labute approximate surface area is 254 Å². The van der Waals surface area contributed by atoms with E-state index >= 15 is 0 Å². The van der Waals surface area contributed by atoms with Gasteiger partial charge in [-0.2, -0.15) is 0 Å². The zero-order valence-corrected chi connectivity index (χ0v) is 27.6. The Hall–Kier alpha value is -0.290. The van der Waals surface area contributed by atoms with Crippen LogP contribution in [0.2, 0.25) is 0 Å². The molecular weight excluding hydrogens is 542 g/mol. The fourth-order valence-corrected chi connectivity index (χ4v) is 5.40. The Balaban J connectivity index is 0. The summed E-state index contributed by atoms with van der Waals surface area (Å²) in [5.41, 5.74) is 0. The fourth-order valence-electron chi connectivity index (χ4n) is 5.07. The van der Waals surface area contributed by atoms with Gasteiger partial charge in [0.05, 0.1) is 26.4 Å². The van der Waals surface area contributed by atoms with E-state index < -0.39 is 10.4 Å². The topological polar surface area (TPSA) is 132 Å². The predicted molar refractivity (Wildman–Crippen MR) is 169 cm³/mol. The minimum atomic E-state index is -4.50. The molecule has 0 saturated heterocycles. The Bertz CT molecular complexity index is 564. The Morgan fingerprint density at radius 1 is 0.488 bits per heavy atom. The number of hydrogen-bond acceptors (Lipinski definition) is 7. The molecule has 0 bridgehead atoms. The molecule has 4 N–H and O–H groups in total. The van der Waals surface area contributed by atoms with Gasteiger partial charge in [0.15, 0.2) is 0 Å². The second-order valence-electron chi connectivity index (χ2n) is 11.5. The SMILES string of the molecule is CCCCCCCCCCCCCCCCCCCCCCCCCCOS(=O)(=O)[O-].OCC[NH+](CCO)CCO. The van der Waals surface area contributed by atoms with Crippen LogP contribution in [0.15, 0.2) is 0 Å². The highest BCUT2D eigenvalue weighted by molar-refractivity contribution is 7.80. The standard InChI is InChI=1S/C26H54O4S.C6H15NO3/c1-2-3-4-5-6-7-8-9-10-11-12-13-14-15-16-17-18-19-20-21-22-23-24-25-26-30-31(27,28)29;8-4-1-7(2-5-9)3-6-10/h2-26H2,1H3,(H,27,28,29);8-10H,1-6H2. The lowest BCUT2D eigenvalue weighted by Gasteiger charge is -2.15. The molecule has 250 valence electrons. The summed E-state index contributed by atoms with van der Waals surface area (Å²) in [5, 5.41) is 25.5. The first-order valence-electron chi connectivity index (χ1n) is 17.2. The van der Waals surface area contributed by atoms with Crippen molar-refractivity contribution in [3.63, 3.8) is 0 Å². The average molecular weight is 612 g/mol. The zero-order chi connectivity index (χ0) is 30.7.